The van der Waals surface area contributed by atoms with Gasteiger partial charge >= 0.3 is 18.0 Å². The molecule has 0 fully saturated rings. The number of fused-ring (bicyclic) bond motifs is 1. The van der Waals surface area contributed by atoms with E-state index in [0.717, 1.165) is 21.7 Å². The van der Waals surface area contributed by atoms with Gasteiger partial charge in [-0.15, -0.1) is 0 Å². The lowest BCUT2D eigenvalue weighted by Crippen LogP contribution is -2.40. The predicted molar refractivity (Wildman–Crippen MR) is 131 cm³/mol. The maximum absolute atomic E-state index is 14.3. The summed E-state index contributed by atoms with van der Waals surface area (Å²) in [5.41, 5.74) is 2.87. The molecule has 0 atom stereocenters. The van der Waals surface area contributed by atoms with Crippen LogP contribution >= 0.6 is 11.5 Å². The van der Waals surface area contributed by atoms with Crippen LogP contribution in [0.5, 0.6) is 11.8 Å². The number of benzene rings is 2. The molecule has 3 aromatic heterocycles. The summed E-state index contributed by atoms with van der Waals surface area (Å²) in [6.45, 7) is 1.89. The molecule has 0 unspecified atom stereocenters. The highest BCUT2D eigenvalue weighted by atomic mass is 32.1. The van der Waals surface area contributed by atoms with E-state index in [9.17, 15) is 13.6 Å². The van der Waals surface area contributed by atoms with Gasteiger partial charge in [0.2, 0.25) is 0 Å². The molecule has 0 bridgehead atoms. The number of anilines is 1. The van der Waals surface area contributed by atoms with Crippen LogP contribution in [0, 0.1) is 6.92 Å². The van der Waals surface area contributed by atoms with Gasteiger partial charge in [0.25, 0.3) is 0 Å². The Balaban J connectivity index is 1.31. The lowest BCUT2D eigenvalue weighted by atomic mass is 10.3. The summed E-state index contributed by atoms with van der Waals surface area (Å²) in [6, 6.07) is 21.8. The zero-order chi connectivity index (χ0) is 25.1. The molecule has 5 aromatic rings. The molecule has 0 aliphatic heterocycles. The van der Waals surface area contributed by atoms with E-state index in [-0.39, 0.29) is 18.2 Å². The van der Waals surface area contributed by atoms with Gasteiger partial charge in [-0.25, -0.2) is 4.98 Å². The summed E-state index contributed by atoms with van der Waals surface area (Å²) < 4.78 is 45.2. The van der Waals surface area contributed by atoms with Crippen molar-refractivity contribution in [1.82, 2.24) is 18.9 Å². The van der Waals surface area contributed by atoms with Gasteiger partial charge in [-0.3, -0.25) is 9.36 Å². The second-order valence-electron chi connectivity index (χ2n) is 7.71. The Morgan fingerprint density at radius 1 is 1.03 bits per heavy atom. The third-order valence-electron chi connectivity index (χ3n) is 5.02. The van der Waals surface area contributed by atoms with Crippen molar-refractivity contribution in [2.45, 2.75) is 19.6 Å². The monoisotopic (exact) mass is 507 g/mol. The van der Waals surface area contributed by atoms with Gasteiger partial charge in [0.1, 0.15) is 23.2 Å². The minimum absolute atomic E-state index is 0.0122. The van der Waals surface area contributed by atoms with Gasteiger partial charge in [0, 0.05) is 0 Å². The van der Waals surface area contributed by atoms with E-state index >= 15 is 0 Å². The number of carbonyl (C=O) groups is 1. The molecule has 1 N–H and O–H groups in total. The van der Waals surface area contributed by atoms with Gasteiger partial charge in [-0.05, 0) is 60.9 Å². The third-order valence-corrected chi connectivity index (χ3v) is 5.88. The van der Waals surface area contributed by atoms with Crippen LogP contribution < -0.4 is 14.8 Å². The molecule has 1 amide bonds. The first-order valence-corrected chi connectivity index (χ1v) is 11.6. The molecule has 0 radical (unpaired) electrons. The fourth-order valence-electron chi connectivity index (χ4n) is 3.41. The largest absolute Gasteiger partial charge is 0.482 e. The van der Waals surface area contributed by atoms with Gasteiger partial charge in [-0.2, -0.15) is 18.1 Å². The van der Waals surface area contributed by atoms with Crippen LogP contribution in [0.4, 0.5) is 14.6 Å². The Labute approximate surface area is 208 Å². The molecule has 0 spiro atoms. The predicted octanol–water partition coefficient (Wildman–Crippen LogP) is 5.37. The fourth-order valence-corrected chi connectivity index (χ4v) is 4.18. The zero-order valence-corrected chi connectivity index (χ0v) is 19.7. The summed E-state index contributed by atoms with van der Waals surface area (Å²) in [5, 5.41) is 2.93. The normalized spacial score (nSPS) is 11.4. The van der Waals surface area contributed by atoms with E-state index in [0.29, 0.717) is 11.7 Å². The Kier molecular flexibility index (Phi) is 6.30. The number of nitrogens with one attached hydrogen (secondary N) is 1. The maximum atomic E-state index is 14.3. The number of ether oxygens (including phenoxy) is 2. The average Bonchev–Trinajstić information content (AvgIpc) is 3.46. The Hall–Kier alpha value is -4.38. The van der Waals surface area contributed by atoms with Gasteiger partial charge in [0.05, 0.1) is 22.4 Å². The number of hydrogen-bond acceptors (Lipinski definition) is 7. The topological polar surface area (TPSA) is 91.2 Å². The number of aromatic nitrogens is 4. The lowest BCUT2D eigenvalue weighted by Gasteiger charge is -2.17. The van der Waals surface area contributed by atoms with Crippen LogP contribution in [0.3, 0.4) is 0 Å². The SMILES string of the molecule is Cc1cc(-n2c(OCc3cccc(NC(=O)C(F)(F)Oc4ccccc4)n3)nc3ccccc32)sn1. The van der Waals surface area contributed by atoms with Gasteiger partial charge in [-0.1, -0.05) is 36.4 Å². The molecule has 0 saturated heterocycles. The molecule has 0 saturated carbocycles. The molecule has 11 heteroatoms. The maximum Gasteiger partial charge on any atom is 0.482 e. The van der Waals surface area contributed by atoms with Crippen molar-refractivity contribution < 1.29 is 23.0 Å². The van der Waals surface area contributed by atoms with Crippen molar-refractivity contribution in [3.8, 4) is 16.8 Å². The van der Waals surface area contributed by atoms with Crippen LogP contribution in [0.2, 0.25) is 0 Å². The Morgan fingerprint density at radius 3 is 2.58 bits per heavy atom. The molecule has 5 rings (SSSR count). The van der Waals surface area contributed by atoms with E-state index in [2.05, 4.69) is 24.4 Å². The number of carbonyl (C=O) groups excluding carboxylic acids is 1. The number of aryl methyl sites for hydroxylation is 1. The van der Waals surface area contributed by atoms with Crippen molar-refractivity contribution in [1.29, 1.82) is 0 Å². The van der Waals surface area contributed by atoms with Crippen LogP contribution in [-0.4, -0.2) is 30.9 Å². The first-order chi connectivity index (χ1) is 17.4. The van der Waals surface area contributed by atoms with E-state index in [1.165, 1.54) is 41.9 Å². The number of imidazole rings is 1. The molecule has 182 valence electrons. The molecular weight excluding hydrogens is 488 g/mol. The highest BCUT2D eigenvalue weighted by Gasteiger charge is 2.42. The minimum atomic E-state index is -4.09. The summed E-state index contributed by atoms with van der Waals surface area (Å²) in [6.07, 6.45) is -4.09. The van der Waals surface area contributed by atoms with Crippen LogP contribution in [0.15, 0.2) is 78.9 Å². The smallest absolute Gasteiger partial charge is 0.458 e. The summed E-state index contributed by atoms with van der Waals surface area (Å²) in [5.74, 6) is -1.84. The first-order valence-electron chi connectivity index (χ1n) is 10.8. The molecule has 36 heavy (non-hydrogen) atoms. The average molecular weight is 508 g/mol. The zero-order valence-electron chi connectivity index (χ0n) is 18.9. The minimum Gasteiger partial charge on any atom is -0.458 e. The Bertz CT molecular complexity index is 1520. The quantitative estimate of drug-likeness (QED) is 0.304. The highest BCUT2D eigenvalue weighted by molar-refractivity contribution is 7.08. The highest BCUT2D eigenvalue weighted by Crippen LogP contribution is 2.29. The number of amides is 1. The molecule has 8 nitrogen and oxygen atoms in total. The van der Waals surface area contributed by atoms with Crippen molar-refractivity contribution in [3.05, 3.63) is 90.3 Å². The van der Waals surface area contributed by atoms with Crippen molar-refractivity contribution in [3.63, 3.8) is 0 Å². The number of rotatable bonds is 8. The number of hydrogen-bond donors (Lipinski definition) is 1. The van der Waals surface area contributed by atoms with Gasteiger partial charge in [0.15, 0.2) is 0 Å². The van der Waals surface area contributed by atoms with Crippen LogP contribution in [0.1, 0.15) is 11.4 Å². The van der Waals surface area contributed by atoms with E-state index in [1.54, 1.807) is 18.2 Å². The standard InChI is InChI=1S/C25H19F2N5O3S/c1-16-14-22(36-31-16)32-20-12-6-5-11-19(20)29-24(32)34-15-17-8-7-13-21(28-17)30-23(33)25(26,27)35-18-9-3-2-4-10-18/h2-14H,15H2,1H3,(H,28,30,33). The number of nitrogens with zero attached hydrogens (tertiary/aromatic N) is 4. The number of para-hydroxylation sites is 3. The summed E-state index contributed by atoms with van der Waals surface area (Å²) in [4.78, 5) is 20.9. The molecule has 0 aliphatic carbocycles. The molecule has 0 aliphatic rings. The molecular formula is C25H19F2N5O3S. The third kappa shape index (κ3) is 5.01. The summed E-state index contributed by atoms with van der Waals surface area (Å²) in [7, 11) is 0. The number of halogens is 2. The number of alkyl halides is 2. The molecule has 3 heterocycles. The van der Waals surface area contributed by atoms with Crippen LogP contribution in [-0.2, 0) is 11.4 Å². The Morgan fingerprint density at radius 2 is 1.81 bits per heavy atom. The van der Waals surface area contributed by atoms with Crippen molar-refractivity contribution >= 4 is 34.3 Å². The van der Waals surface area contributed by atoms with E-state index in [1.807, 2.05) is 41.8 Å². The van der Waals surface area contributed by atoms with Crippen molar-refractivity contribution in [2.75, 3.05) is 5.32 Å². The van der Waals surface area contributed by atoms with Crippen molar-refractivity contribution in [2.24, 2.45) is 0 Å². The fraction of sp³-hybridized carbons (Fsp3) is 0.120. The first kappa shape index (κ1) is 23.4. The van der Waals surface area contributed by atoms with E-state index in [4.69, 9.17) is 4.74 Å². The van der Waals surface area contributed by atoms with Gasteiger partial charge < -0.3 is 14.8 Å². The summed E-state index contributed by atoms with van der Waals surface area (Å²) >= 11 is 1.32. The lowest BCUT2D eigenvalue weighted by molar-refractivity contribution is -0.187. The van der Waals surface area contributed by atoms with E-state index < -0.39 is 12.0 Å². The van der Waals surface area contributed by atoms with Crippen LogP contribution in [0.25, 0.3) is 16.0 Å². The number of pyridine rings is 1. The second-order valence-corrected chi connectivity index (χ2v) is 8.50. The molecule has 2 aromatic carbocycles. The second kappa shape index (κ2) is 9.70.